The van der Waals surface area contributed by atoms with Crippen molar-refractivity contribution in [3.05, 3.63) is 29.3 Å². The molecule has 0 N–H and O–H groups in total. The molecule has 1 aromatic carbocycles. The van der Waals surface area contributed by atoms with Crippen LogP contribution in [0.4, 0.5) is 5.69 Å². The van der Waals surface area contributed by atoms with Crippen molar-refractivity contribution >= 4 is 38.4 Å². The number of anilines is 1. The highest BCUT2D eigenvalue weighted by atomic mass is 32.2. The number of carbonyl (C=O) groups is 1. The molecule has 0 aromatic heterocycles. The van der Waals surface area contributed by atoms with Crippen molar-refractivity contribution < 1.29 is 13.2 Å². The van der Waals surface area contributed by atoms with Gasteiger partial charge in [0.05, 0.1) is 17.5 Å². The summed E-state index contributed by atoms with van der Waals surface area (Å²) in [6, 6.07) is 5.92. The number of thioether (sulfide) groups is 1. The zero-order valence-electron chi connectivity index (χ0n) is 16.6. The zero-order valence-corrected chi connectivity index (χ0v) is 18.2. The summed E-state index contributed by atoms with van der Waals surface area (Å²) in [6.45, 7) is 4.06. The molecule has 1 aliphatic carbocycles. The Morgan fingerprint density at radius 2 is 1.86 bits per heavy atom. The van der Waals surface area contributed by atoms with Gasteiger partial charge in [-0.3, -0.25) is 4.79 Å². The van der Waals surface area contributed by atoms with Gasteiger partial charge in [0.15, 0.2) is 15.0 Å². The van der Waals surface area contributed by atoms with E-state index in [0.29, 0.717) is 17.5 Å². The van der Waals surface area contributed by atoms with Crippen LogP contribution >= 0.6 is 11.8 Å². The number of amidine groups is 1. The second-order valence-electron chi connectivity index (χ2n) is 8.39. The third-order valence-electron chi connectivity index (χ3n) is 6.21. The van der Waals surface area contributed by atoms with Crippen molar-refractivity contribution in [1.29, 1.82) is 0 Å². The summed E-state index contributed by atoms with van der Waals surface area (Å²) in [5, 5.41) is 0.629. The van der Waals surface area contributed by atoms with Crippen LogP contribution < -0.4 is 4.90 Å². The second kappa shape index (κ2) is 7.82. The fourth-order valence-corrected chi connectivity index (χ4v) is 8.72. The summed E-state index contributed by atoms with van der Waals surface area (Å²) in [6.07, 6.45) is 6.43. The molecule has 1 amide bonds. The Morgan fingerprint density at radius 3 is 2.54 bits per heavy atom. The normalized spacial score (nSPS) is 28.2. The summed E-state index contributed by atoms with van der Waals surface area (Å²) in [7, 11) is -3.05. The molecular weight excluding hydrogens is 392 g/mol. The maximum absolute atomic E-state index is 12.6. The van der Waals surface area contributed by atoms with Crippen molar-refractivity contribution in [2.75, 3.05) is 16.4 Å². The SMILES string of the molecule is Cc1cccc(C)c1N1C(=NC(=O)CCC2CCCC2)S[C@H]2CS(=O)(=O)C[C@@H]21. The van der Waals surface area contributed by atoms with Crippen molar-refractivity contribution in [3.63, 3.8) is 0 Å². The number of nitrogens with zero attached hydrogens (tertiary/aromatic N) is 2. The summed E-state index contributed by atoms with van der Waals surface area (Å²) in [5.74, 6) is 0.889. The first kappa shape index (κ1) is 20.0. The number of aliphatic imine (C=N–C) groups is 1. The summed E-state index contributed by atoms with van der Waals surface area (Å²) >= 11 is 1.47. The van der Waals surface area contributed by atoms with Crippen molar-refractivity contribution in [3.8, 4) is 0 Å². The maximum Gasteiger partial charge on any atom is 0.248 e. The number of sulfone groups is 1. The highest BCUT2D eigenvalue weighted by Gasteiger charge is 2.49. The van der Waals surface area contributed by atoms with Gasteiger partial charge in [-0.1, -0.05) is 55.6 Å². The van der Waals surface area contributed by atoms with Gasteiger partial charge in [-0.2, -0.15) is 4.99 Å². The molecule has 3 aliphatic rings. The number of carbonyl (C=O) groups excluding carboxylic acids is 1. The lowest BCUT2D eigenvalue weighted by Gasteiger charge is -2.28. The molecule has 2 aliphatic heterocycles. The van der Waals surface area contributed by atoms with Crippen LogP contribution in [0.2, 0.25) is 0 Å². The minimum Gasteiger partial charge on any atom is -0.315 e. The van der Waals surface area contributed by atoms with Gasteiger partial charge in [0, 0.05) is 17.4 Å². The molecule has 0 spiro atoms. The number of hydrogen-bond donors (Lipinski definition) is 0. The summed E-state index contributed by atoms with van der Waals surface area (Å²) < 4.78 is 24.4. The average molecular weight is 421 g/mol. The number of para-hydroxylation sites is 1. The second-order valence-corrected chi connectivity index (χ2v) is 11.7. The van der Waals surface area contributed by atoms with Gasteiger partial charge >= 0.3 is 0 Å². The largest absolute Gasteiger partial charge is 0.315 e. The molecular formula is C21H28N2O3S2. The molecule has 4 rings (SSSR count). The molecule has 5 nitrogen and oxygen atoms in total. The molecule has 7 heteroatoms. The predicted molar refractivity (Wildman–Crippen MR) is 116 cm³/mol. The molecule has 0 radical (unpaired) electrons. The molecule has 0 unspecified atom stereocenters. The molecule has 1 saturated carbocycles. The number of benzene rings is 1. The van der Waals surface area contributed by atoms with Crippen LogP contribution in [-0.2, 0) is 14.6 Å². The van der Waals surface area contributed by atoms with Gasteiger partial charge in [0.1, 0.15) is 0 Å². The van der Waals surface area contributed by atoms with E-state index >= 15 is 0 Å². The first-order valence-electron chi connectivity index (χ1n) is 10.2. The van der Waals surface area contributed by atoms with Crippen LogP contribution in [0.25, 0.3) is 0 Å². The van der Waals surface area contributed by atoms with Gasteiger partial charge in [-0.05, 0) is 37.3 Å². The molecule has 152 valence electrons. The topological polar surface area (TPSA) is 66.8 Å². The molecule has 2 atom stereocenters. The van der Waals surface area contributed by atoms with Crippen LogP contribution in [0.15, 0.2) is 23.2 Å². The van der Waals surface area contributed by atoms with Crippen LogP contribution in [0.1, 0.15) is 49.7 Å². The fourth-order valence-electron chi connectivity index (χ4n) is 4.80. The van der Waals surface area contributed by atoms with E-state index in [1.54, 1.807) is 0 Å². The first-order chi connectivity index (χ1) is 13.3. The molecule has 1 aromatic rings. The third-order valence-corrected chi connectivity index (χ3v) is 9.42. The molecule has 2 saturated heterocycles. The van der Waals surface area contributed by atoms with Crippen LogP contribution in [0, 0.1) is 19.8 Å². The van der Waals surface area contributed by atoms with Crippen LogP contribution in [0.5, 0.6) is 0 Å². The van der Waals surface area contributed by atoms with Gasteiger partial charge in [-0.25, -0.2) is 8.42 Å². The Bertz CT molecular complexity index is 884. The van der Waals surface area contributed by atoms with E-state index in [4.69, 9.17) is 0 Å². The number of rotatable bonds is 4. The van der Waals surface area contributed by atoms with E-state index in [9.17, 15) is 13.2 Å². The van der Waals surface area contributed by atoms with E-state index < -0.39 is 9.84 Å². The lowest BCUT2D eigenvalue weighted by Crippen LogP contribution is -2.38. The van der Waals surface area contributed by atoms with Crippen LogP contribution in [-0.4, -0.2) is 42.3 Å². The maximum atomic E-state index is 12.6. The first-order valence-corrected chi connectivity index (χ1v) is 12.9. The minimum atomic E-state index is -3.05. The van der Waals surface area contributed by atoms with Crippen molar-refractivity contribution in [2.45, 2.75) is 63.7 Å². The summed E-state index contributed by atoms with van der Waals surface area (Å²) in [4.78, 5) is 19.1. The Labute approximate surface area is 171 Å². The number of aryl methyl sites for hydroxylation is 2. The zero-order chi connectivity index (χ0) is 19.9. The van der Waals surface area contributed by atoms with Gasteiger partial charge in [0.25, 0.3) is 0 Å². The number of amides is 1. The highest BCUT2D eigenvalue weighted by Crippen LogP contribution is 2.43. The smallest absolute Gasteiger partial charge is 0.248 e. The average Bonchev–Trinajstić information content (AvgIpc) is 3.29. The van der Waals surface area contributed by atoms with Crippen LogP contribution in [0.3, 0.4) is 0 Å². The van der Waals surface area contributed by atoms with E-state index in [0.717, 1.165) is 23.2 Å². The van der Waals surface area contributed by atoms with Crippen molar-refractivity contribution in [1.82, 2.24) is 0 Å². The Morgan fingerprint density at radius 1 is 1.18 bits per heavy atom. The van der Waals surface area contributed by atoms with Crippen molar-refractivity contribution in [2.24, 2.45) is 10.9 Å². The van der Waals surface area contributed by atoms with E-state index in [1.165, 1.54) is 37.4 Å². The fraction of sp³-hybridized carbons (Fsp3) is 0.619. The standard InChI is InChI=1S/C21H28N2O3S2/c1-14-6-5-7-15(2)20(14)23-17-12-28(25,26)13-18(17)27-21(23)22-19(24)11-10-16-8-3-4-9-16/h5-7,16-18H,3-4,8-13H2,1-2H3/t17-,18-/m0/s1. The molecule has 0 bridgehead atoms. The van der Waals surface area contributed by atoms with E-state index in [2.05, 4.69) is 4.99 Å². The van der Waals surface area contributed by atoms with Gasteiger partial charge in [-0.15, -0.1) is 0 Å². The quantitative estimate of drug-likeness (QED) is 0.740. The number of fused-ring (bicyclic) bond motifs is 1. The molecule has 28 heavy (non-hydrogen) atoms. The minimum absolute atomic E-state index is 0.0506. The molecule has 2 heterocycles. The lowest BCUT2D eigenvalue weighted by molar-refractivity contribution is -0.118. The van der Waals surface area contributed by atoms with E-state index in [1.807, 2.05) is 36.9 Å². The third kappa shape index (κ3) is 4.01. The number of hydrogen-bond acceptors (Lipinski definition) is 4. The molecule has 3 fully saturated rings. The van der Waals surface area contributed by atoms with Gasteiger partial charge < -0.3 is 4.90 Å². The lowest BCUT2D eigenvalue weighted by atomic mass is 10.0. The Balaban J connectivity index is 1.61. The van der Waals surface area contributed by atoms with E-state index in [-0.39, 0.29) is 28.7 Å². The summed E-state index contributed by atoms with van der Waals surface area (Å²) in [5.41, 5.74) is 3.16. The predicted octanol–water partition coefficient (Wildman–Crippen LogP) is 3.88. The van der Waals surface area contributed by atoms with Gasteiger partial charge in [0.2, 0.25) is 5.91 Å². The Kier molecular flexibility index (Phi) is 5.58. The monoisotopic (exact) mass is 420 g/mol. The Hall–Kier alpha value is -1.34. The highest BCUT2D eigenvalue weighted by molar-refractivity contribution is 8.16.